The highest BCUT2D eigenvalue weighted by atomic mass is 19.4. The summed E-state index contributed by atoms with van der Waals surface area (Å²) in [6.45, 7) is 2.36. The summed E-state index contributed by atoms with van der Waals surface area (Å²) in [4.78, 5) is 13.7. The maximum Gasteiger partial charge on any atom is 0.433 e. The van der Waals surface area contributed by atoms with E-state index in [9.17, 15) is 13.2 Å². The average molecular weight is 466 g/mol. The highest BCUT2D eigenvalue weighted by Crippen LogP contribution is 2.38. The number of imidazole rings is 1. The molecule has 1 aliphatic rings. The summed E-state index contributed by atoms with van der Waals surface area (Å²) in [5.41, 5.74) is 2.83. The quantitative estimate of drug-likeness (QED) is 0.429. The SMILES string of the molecule is Cc1cccnc1-c1nnc(N2CCc3[nH]cnc3[C@H]2c2cc3cccc(C(F)(F)F)n3n2)o1. The van der Waals surface area contributed by atoms with E-state index in [1.54, 1.807) is 24.7 Å². The van der Waals surface area contributed by atoms with Crippen molar-refractivity contribution >= 4 is 11.5 Å². The Kier molecular flexibility index (Phi) is 4.44. The lowest BCUT2D eigenvalue weighted by Gasteiger charge is -2.32. The topological polar surface area (TPSA) is 101 Å². The Bertz CT molecular complexity index is 1500. The molecule has 9 nitrogen and oxygen atoms in total. The summed E-state index contributed by atoms with van der Waals surface area (Å²) >= 11 is 0. The van der Waals surface area contributed by atoms with Crippen molar-refractivity contribution in [2.45, 2.75) is 25.6 Å². The summed E-state index contributed by atoms with van der Waals surface area (Å²) in [7, 11) is 0. The van der Waals surface area contributed by atoms with Crippen molar-refractivity contribution in [3.05, 3.63) is 77.3 Å². The lowest BCUT2D eigenvalue weighted by atomic mass is 10.0. The molecule has 1 atom stereocenters. The Labute approximate surface area is 190 Å². The second-order valence-corrected chi connectivity index (χ2v) is 7.99. The molecule has 6 rings (SSSR count). The molecule has 5 aromatic heterocycles. The molecule has 0 aliphatic carbocycles. The largest absolute Gasteiger partial charge is 0.433 e. The monoisotopic (exact) mass is 466 g/mol. The fourth-order valence-electron chi connectivity index (χ4n) is 4.30. The first-order valence-electron chi connectivity index (χ1n) is 10.5. The molecule has 0 aromatic carbocycles. The fraction of sp³-hybridized carbons (Fsp3) is 0.227. The molecule has 0 unspecified atom stereocenters. The van der Waals surface area contributed by atoms with Crippen LogP contribution in [0.15, 0.2) is 53.3 Å². The molecule has 0 saturated heterocycles. The second kappa shape index (κ2) is 7.40. The van der Waals surface area contributed by atoms with Gasteiger partial charge in [0, 0.05) is 24.9 Å². The third-order valence-electron chi connectivity index (χ3n) is 5.87. The van der Waals surface area contributed by atoms with Crippen LogP contribution in [0.1, 0.15) is 34.4 Å². The van der Waals surface area contributed by atoms with Gasteiger partial charge in [-0.1, -0.05) is 17.2 Å². The molecule has 0 amide bonds. The van der Waals surface area contributed by atoms with Crippen LogP contribution in [-0.4, -0.2) is 41.3 Å². The van der Waals surface area contributed by atoms with Gasteiger partial charge in [0.2, 0.25) is 0 Å². The smallest absolute Gasteiger partial charge is 0.402 e. The average Bonchev–Trinajstić information content (AvgIpc) is 3.56. The number of halogens is 3. The number of aromatic amines is 1. The Morgan fingerprint density at radius 2 is 2.00 bits per heavy atom. The number of fused-ring (bicyclic) bond motifs is 2. The zero-order chi connectivity index (χ0) is 23.4. The maximum absolute atomic E-state index is 13.6. The van der Waals surface area contributed by atoms with Crippen LogP contribution in [0, 0.1) is 6.92 Å². The molecule has 5 aromatic rings. The molecular formula is C22H17F3N8O. The minimum atomic E-state index is -4.55. The van der Waals surface area contributed by atoms with Crippen molar-refractivity contribution in [1.82, 2.24) is 34.8 Å². The normalized spacial score (nSPS) is 16.2. The molecular weight excluding hydrogens is 449 g/mol. The molecule has 0 fully saturated rings. The zero-order valence-electron chi connectivity index (χ0n) is 17.8. The fourth-order valence-corrected chi connectivity index (χ4v) is 4.30. The Morgan fingerprint density at radius 1 is 1.12 bits per heavy atom. The molecule has 1 aliphatic heterocycles. The number of nitrogens with one attached hydrogen (secondary N) is 1. The van der Waals surface area contributed by atoms with Crippen LogP contribution in [0.5, 0.6) is 0 Å². The van der Waals surface area contributed by atoms with E-state index in [1.807, 2.05) is 24.0 Å². The van der Waals surface area contributed by atoms with Gasteiger partial charge in [-0.15, -0.1) is 5.10 Å². The van der Waals surface area contributed by atoms with Gasteiger partial charge in [-0.3, -0.25) is 4.98 Å². The summed E-state index contributed by atoms with van der Waals surface area (Å²) in [5.74, 6) is 0.258. The zero-order valence-corrected chi connectivity index (χ0v) is 17.8. The molecule has 6 heterocycles. The Hall–Kier alpha value is -4.22. The second-order valence-electron chi connectivity index (χ2n) is 7.99. The summed E-state index contributed by atoms with van der Waals surface area (Å²) in [6.07, 6.45) is -0.725. The first-order chi connectivity index (χ1) is 16.4. The van der Waals surface area contributed by atoms with Gasteiger partial charge >= 0.3 is 12.2 Å². The van der Waals surface area contributed by atoms with E-state index in [0.717, 1.165) is 21.8 Å². The standard InChI is InChI=1S/C22H17F3N8O/c1-12-4-3-8-26-17(12)20-29-30-21(34-20)32-9-7-14-18(28-11-27-14)19(32)15-10-13-5-2-6-16(22(23,24)25)33(13)31-15/h2-6,8,10-11,19H,7,9H2,1H3,(H,27,28)/t19-/m1/s1. The molecule has 0 spiro atoms. The first-order valence-corrected chi connectivity index (χ1v) is 10.5. The van der Waals surface area contributed by atoms with Crippen LogP contribution in [0.25, 0.3) is 17.1 Å². The van der Waals surface area contributed by atoms with Crippen molar-refractivity contribution in [3.63, 3.8) is 0 Å². The molecule has 172 valence electrons. The minimum Gasteiger partial charge on any atom is -0.402 e. The van der Waals surface area contributed by atoms with Crippen molar-refractivity contribution in [3.8, 4) is 11.6 Å². The number of aryl methyl sites for hydroxylation is 1. The predicted octanol–water partition coefficient (Wildman–Crippen LogP) is 3.98. The molecule has 1 N–H and O–H groups in total. The van der Waals surface area contributed by atoms with Crippen LogP contribution in [-0.2, 0) is 12.6 Å². The number of hydrogen-bond acceptors (Lipinski definition) is 7. The molecule has 0 saturated carbocycles. The number of alkyl halides is 3. The molecule has 0 radical (unpaired) electrons. The molecule has 12 heteroatoms. The number of anilines is 1. The molecule has 34 heavy (non-hydrogen) atoms. The highest BCUT2D eigenvalue weighted by Gasteiger charge is 2.38. The maximum atomic E-state index is 13.6. The van der Waals surface area contributed by atoms with Gasteiger partial charge in [-0.2, -0.15) is 18.3 Å². The number of aromatic nitrogens is 7. The number of hydrogen-bond donors (Lipinski definition) is 1. The Balaban J connectivity index is 1.47. The number of pyridine rings is 2. The van der Waals surface area contributed by atoms with Crippen LogP contribution in [0.4, 0.5) is 19.2 Å². The van der Waals surface area contributed by atoms with Gasteiger partial charge in [0.1, 0.15) is 17.4 Å². The van der Waals surface area contributed by atoms with Crippen LogP contribution in [0.2, 0.25) is 0 Å². The summed E-state index contributed by atoms with van der Waals surface area (Å²) < 4.78 is 47.6. The molecule has 0 bridgehead atoms. The van der Waals surface area contributed by atoms with Crippen molar-refractivity contribution in [2.75, 3.05) is 11.4 Å². The van der Waals surface area contributed by atoms with E-state index >= 15 is 0 Å². The van der Waals surface area contributed by atoms with Gasteiger partial charge < -0.3 is 14.3 Å². The van der Waals surface area contributed by atoms with E-state index in [0.29, 0.717) is 35.6 Å². The van der Waals surface area contributed by atoms with E-state index in [2.05, 4.69) is 30.2 Å². The Morgan fingerprint density at radius 3 is 2.82 bits per heavy atom. The number of nitrogens with zero attached hydrogens (tertiary/aromatic N) is 7. The third kappa shape index (κ3) is 3.21. The van der Waals surface area contributed by atoms with Crippen LogP contribution in [0.3, 0.4) is 0 Å². The van der Waals surface area contributed by atoms with E-state index < -0.39 is 17.9 Å². The number of H-pyrrole nitrogens is 1. The van der Waals surface area contributed by atoms with E-state index in [-0.39, 0.29) is 11.9 Å². The minimum absolute atomic E-state index is 0.215. The van der Waals surface area contributed by atoms with Crippen molar-refractivity contribution in [1.29, 1.82) is 0 Å². The van der Waals surface area contributed by atoms with Crippen molar-refractivity contribution < 1.29 is 17.6 Å². The van der Waals surface area contributed by atoms with Gasteiger partial charge in [0.25, 0.3) is 5.89 Å². The van der Waals surface area contributed by atoms with Gasteiger partial charge in [-0.05, 0) is 36.8 Å². The summed E-state index contributed by atoms with van der Waals surface area (Å²) in [5, 5.41) is 12.7. The van der Waals surface area contributed by atoms with Gasteiger partial charge in [0.15, 0.2) is 0 Å². The van der Waals surface area contributed by atoms with Crippen LogP contribution >= 0.6 is 0 Å². The highest BCUT2D eigenvalue weighted by molar-refractivity contribution is 5.55. The predicted molar refractivity (Wildman–Crippen MR) is 114 cm³/mol. The summed E-state index contributed by atoms with van der Waals surface area (Å²) in [6, 6.07) is 8.87. The lowest BCUT2D eigenvalue weighted by molar-refractivity contribution is -0.142. The van der Waals surface area contributed by atoms with Gasteiger partial charge in [0.05, 0.1) is 23.2 Å². The van der Waals surface area contributed by atoms with Crippen LogP contribution < -0.4 is 4.90 Å². The van der Waals surface area contributed by atoms with Crippen molar-refractivity contribution in [2.24, 2.45) is 0 Å². The van der Waals surface area contributed by atoms with E-state index in [4.69, 9.17) is 4.42 Å². The first kappa shape index (κ1) is 20.4. The lowest BCUT2D eigenvalue weighted by Crippen LogP contribution is -2.37. The van der Waals surface area contributed by atoms with Gasteiger partial charge in [-0.25, -0.2) is 9.50 Å². The van der Waals surface area contributed by atoms with E-state index in [1.165, 1.54) is 6.07 Å². The number of rotatable bonds is 3. The third-order valence-corrected chi connectivity index (χ3v) is 5.87.